The summed E-state index contributed by atoms with van der Waals surface area (Å²) < 4.78 is 0. The smallest absolute Gasteiger partial charge is 0.0587 e. The minimum absolute atomic E-state index is 0.0946. The Morgan fingerprint density at radius 3 is 2.14 bits per heavy atom. The Morgan fingerprint density at radius 1 is 0.905 bits per heavy atom. The SMILES string of the molecule is CC(C)c1ccc(CN[C@H](CO)Cc2ccccc2)cc1. The van der Waals surface area contributed by atoms with Crippen molar-refractivity contribution in [1.29, 1.82) is 0 Å². The quantitative estimate of drug-likeness (QED) is 0.815. The molecule has 0 aliphatic carbocycles. The lowest BCUT2D eigenvalue weighted by Gasteiger charge is -2.17. The summed E-state index contributed by atoms with van der Waals surface area (Å²) in [4.78, 5) is 0. The molecule has 0 bridgehead atoms. The monoisotopic (exact) mass is 283 g/mol. The van der Waals surface area contributed by atoms with Gasteiger partial charge in [-0.1, -0.05) is 68.4 Å². The first-order valence-electron chi connectivity index (χ1n) is 7.66. The van der Waals surface area contributed by atoms with Crippen molar-refractivity contribution in [3.8, 4) is 0 Å². The van der Waals surface area contributed by atoms with Crippen LogP contribution in [0.4, 0.5) is 0 Å². The average molecular weight is 283 g/mol. The Bertz CT molecular complexity index is 519. The van der Waals surface area contributed by atoms with Crippen molar-refractivity contribution in [2.75, 3.05) is 6.61 Å². The summed E-state index contributed by atoms with van der Waals surface area (Å²) >= 11 is 0. The maximum atomic E-state index is 9.52. The predicted octanol–water partition coefficient (Wildman–Crippen LogP) is 3.50. The molecule has 2 N–H and O–H groups in total. The van der Waals surface area contributed by atoms with Crippen molar-refractivity contribution in [2.24, 2.45) is 0 Å². The van der Waals surface area contributed by atoms with Crippen molar-refractivity contribution in [3.05, 3.63) is 71.3 Å². The number of aliphatic hydroxyl groups excluding tert-OH is 1. The van der Waals surface area contributed by atoms with Gasteiger partial charge in [0.2, 0.25) is 0 Å². The topological polar surface area (TPSA) is 32.3 Å². The zero-order valence-electron chi connectivity index (χ0n) is 12.9. The van der Waals surface area contributed by atoms with Crippen molar-refractivity contribution in [2.45, 2.75) is 38.8 Å². The molecule has 0 unspecified atom stereocenters. The number of aliphatic hydroxyl groups is 1. The number of hydrogen-bond acceptors (Lipinski definition) is 2. The molecule has 21 heavy (non-hydrogen) atoms. The summed E-state index contributed by atoms with van der Waals surface area (Å²) in [6.45, 7) is 5.35. The second kappa shape index (κ2) is 7.96. The lowest BCUT2D eigenvalue weighted by Crippen LogP contribution is -2.34. The molecule has 1 atom stereocenters. The summed E-state index contributed by atoms with van der Waals surface area (Å²) in [5.41, 5.74) is 3.87. The van der Waals surface area contributed by atoms with E-state index < -0.39 is 0 Å². The van der Waals surface area contributed by atoms with Crippen molar-refractivity contribution < 1.29 is 5.11 Å². The summed E-state index contributed by atoms with van der Waals surface area (Å²) in [7, 11) is 0. The van der Waals surface area contributed by atoms with Crippen LogP contribution in [0.1, 0.15) is 36.5 Å². The third-order valence-electron chi connectivity index (χ3n) is 3.79. The van der Waals surface area contributed by atoms with Crippen LogP contribution in [0.25, 0.3) is 0 Å². The molecular weight excluding hydrogens is 258 g/mol. The molecule has 112 valence electrons. The number of rotatable bonds is 7. The van der Waals surface area contributed by atoms with Crippen molar-refractivity contribution in [1.82, 2.24) is 5.32 Å². The summed E-state index contributed by atoms with van der Waals surface area (Å²) in [5.74, 6) is 0.565. The number of nitrogens with one attached hydrogen (secondary N) is 1. The van der Waals surface area contributed by atoms with Crippen LogP contribution in [0.3, 0.4) is 0 Å². The van der Waals surface area contributed by atoms with Gasteiger partial charge in [-0.25, -0.2) is 0 Å². The lowest BCUT2D eigenvalue weighted by molar-refractivity contribution is 0.241. The third-order valence-corrected chi connectivity index (χ3v) is 3.79. The highest BCUT2D eigenvalue weighted by atomic mass is 16.3. The Morgan fingerprint density at radius 2 is 1.57 bits per heavy atom. The van der Waals surface area contributed by atoms with Crippen molar-refractivity contribution >= 4 is 0 Å². The molecule has 0 saturated carbocycles. The molecular formula is C19H25NO. The Balaban J connectivity index is 1.88. The molecule has 0 spiro atoms. The van der Waals surface area contributed by atoms with Gasteiger partial charge in [0, 0.05) is 12.6 Å². The van der Waals surface area contributed by atoms with Crippen LogP contribution in [-0.2, 0) is 13.0 Å². The fourth-order valence-corrected chi connectivity index (χ4v) is 2.38. The standard InChI is InChI=1S/C19H25NO/c1-15(2)18-10-8-17(9-11-18)13-20-19(14-21)12-16-6-4-3-5-7-16/h3-11,15,19-21H,12-14H2,1-2H3/t19-/m0/s1. The van der Waals surface area contributed by atoms with E-state index in [1.165, 1.54) is 16.7 Å². The molecule has 0 aliphatic rings. The normalized spacial score (nSPS) is 12.6. The van der Waals surface area contributed by atoms with E-state index in [1.807, 2.05) is 18.2 Å². The zero-order valence-corrected chi connectivity index (χ0v) is 12.9. The van der Waals surface area contributed by atoms with Crippen LogP contribution in [0.15, 0.2) is 54.6 Å². The lowest BCUT2D eigenvalue weighted by atomic mass is 10.0. The molecule has 0 amide bonds. The molecule has 2 aromatic rings. The minimum atomic E-state index is 0.0946. The Hall–Kier alpha value is -1.64. The van der Waals surface area contributed by atoms with Gasteiger partial charge in [-0.3, -0.25) is 0 Å². The van der Waals surface area contributed by atoms with Crippen LogP contribution in [0.2, 0.25) is 0 Å². The Kier molecular flexibility index (Phi) is 5.97. The largest absolute Gasteiger partial charge is 0.395 e. The summed E-state index contributed by atoms with van der Waals surface area (Å²) in [6.07, 6.45) is 0.849. The highest BCUT2D eigenvalue weighted by Gasteiger charge is 2.08. The molecule has 2 rings (SSSR count). The van der Waals surface area contributed by atoms with E-state index in [9.17, 15) is 5.11 Å². The van der Waals surface area contributed by atoms with Crippen LogP contribution in [-0.4, -0.2) is 17.8 Å². The molecule has 0 fully saturated rings. The van der Waals surface area contributed by atoms with Crippen LogP contribution in [0, 0.1) is 0 Å². The van der Waals surface area contributed by atoms with Gasteiger partial charge in [0.1, 0.15) is 0 Å². The summed E-state index contributed by atoms with van der Waals surface area (Å²) in [6, 6.07) is 19.1. The van der Waals surface area contributed by atoms with Gasteiger partial charge in [-0.2, -0.15) is 0 Å². The third kappa shape index (κ3) is 5.00. The highest BCUT2D eigenvalue weighted by molar-refractivity contribution is 5.24. The average Bonchev–Trinajstić information content (AvgIpc) is 2.52. The van der Waals surface area contributed by atoms with Gasteiger partial charge < -0.3 is 10.4 Å². The molecule has 0 aliphatic heterocycles. The van der Waals surface area contributed by atoms with Gasteiger partial charge in [-0.05, 0) is 29.0 Å². The molecule has 2 heteroatoms. The first-order chi connectivity index (χ1) is 10.2. The second-order valence-electron chi connectivity index (χ2n) is 5.85. The first kappa shape index (κ1) is 15.7. The van der Waals surface area contributed by atoms with Gasteiger partial charge in [0.05, 0.1) is 6.61 Å². The highest BCUT2D eigenvalue weighted by Crippen LogP contribution is 2.14. The van der Waals surface area contributed by atoms with Crippen LogP contribution < -0.4 is 5.32 Å². The second-order valence-corrected chi connectivity index (χ2v) is 5.85. The maximum Gasteiger partial charge on any atom is 0.0587 e. The molecule has 0 saturated heterocycles. The maximum absolute atomic E-state index is 9.52. The van der Waals surface area contributed by atoms with E-state index in [4.69, 9.17) is 0 Å². The molecule has 2 aromatic carbocycles. The molecule has 0 aromatic heterocycles. The summed E-state index contributed by atoms with van der Waals surface area (Å²) in [5, 5.41) is 13.0. The van der Waals surface area contributed by atoms with Crippen LogP contribution in [0.5, 0.6) is 0 Å². The number of hydrogen-bond donors (Lipinski definition) is 2. The fourth-order valence-electron chi connectivity index (χ4n) is 2.38. The Labute approximate surface area is 127 Å². The predicted molar refractivity (Wildman–Crippen MR) is 88.4 cm³/mol. The van der Waals surface area contributed by atoms with Crippen LogP contribution >= 0.6 is 0 Å². The van der Waals surface area contributed by atoms with E-state index in [-0.39, 0.29) is 12.6 Å². The minimum Gasteiger partial charge on any atom is -0.395 e. The van der Waals surface area contributed by atoms with E-state index in [0.29, 0.717) is 5.92 Å². The fraction of sp³-hybridized carbons (Fsp3) is 0.368. The first-order valence-corrected chi connectivity index (χ1v) is 7.66. The van der Waals surface area contributed by atoms with Gasteiger partial charge in [0.15, 0.2) is 0 Å². The van der Waals surface area contributed by atoms with E-state index in [0.717, 1.165) is 13.0 Å². The molecule has 2 nitrogen and oxygen atoms in total. The van der Waals surface area contributed by atoms with Gasteiger partial charge in [0.25, 0.3) is 0 Å². The van der Waals surface area contributed by atoms with E-state index >= 15 is 0 Å². The number of benzene rings is 2. The van der Waals surface area contributed by atoms with E-state index in [2.05, 4.69) is 55.6 Å². The van der Waals surface area contributed by atoms with Gasteiger partial charge >= 0.3 is 0 Å². The molecule has 0 heterocycles. The van der Waals surface area contributed by atoms with E-state index in [1.54, 1.807) is 0 Å². The zero-order chi connectivity index (χ0) is 15.1. The van der Waals surface area contributed by atoms with Crippen molar-refractivity contribution in [3.63, 3.8) is 0 Å². The molecule has 0 radical (unpaired) electrons. The van der Waals surface area contributed by atoms with Gasteiger partial charge in [-0.15, -0.1) is 0 Å².